The third kappa shape index (κ3) is 3.40. The number of benzene rings is 2. The van der Waals surface area contributed by atoms with Crippen LogP contribution in [0.3, 0.4) is 0 Å². The van der Waals surface area contributed by atoms with Crippen molar-refractivity contribution >= 4 is 5.97 Å². The highest BCUT2D eigenvalue weighted by molar-refractivity contribution is 5.87. The van der Waals surface area contributed by atoms with Crippen LogP contribution in [0, 0.1) is 5.92 Å². The van der Waals surface area contributed by atoms with Crippen molar-refractivity contribution in [1.29, 1.82) is 0 Å². The van der Waals surface area contributed by atoms with Crippen molar-refractivity contribution < 1.29 is 19.4 Å². The summed E-state index contributed by atoms with van der Waals surface area (Å²) in [6.45, 7) is 6.11. The lowest BCUT2D eigenvalue weighted by Crippen LogP contribution is -2.58. The predicted octanol–water partition coefficient (Wildman–Crippen LogP) is 4.67. The lowest BCUT2D eigenvalue weighted by molar-refractivity contribution is -0.190. The van der Waals surface area contributed by atoms with Crippen molar-refractivity contribution in [3.8, 4) is 5.75 Å². The number of likely N-dealkylation sites (tertiary alicyclic amines) is 1. The van der Waals surface area contributed by atoms with E-state index < -0.39 is 5.97 Å². The molecule has 2 fully saturated rings. The Bertz CT molecular complexity index is 956. The van der Waals surface area contributed by atoms with Crippen LogP contribution in [0.1, 0.15) is 60.7 Å². The number of carbonyl (C=O) groups is 1. The minimum atomic E-state index is -0.878. The third-order valence-electron chi connectivity index (χ3n) is 7.07. The van der Waals surface area contributed by atoms with Gasteiger partial charge in [-0.3, -0.25) is 4.90 Å². The molecule has 2 aromatic rings. The van der Waals surface area contributed by atoms with Gasteiger partial charge in [0.25, 0.3) is 0 Å². The molecular formula is C25H29NO4. The molecule has 3 aliphatic heterocycles. The highest BCUT2D eigenvalue weighted by Gasteiger charge is 2.52. The predicted molar refractivity (Wildman–Crippen MR) is 114 cm³/mol. The van der Waals surface area contributed by atoms with Gasteiger partial charge in [-0.2, -0.15) is 0 Å². The van der Waals surface area contributed by atoms with E-state index in [-0.39, 0.29) is 23.7 Å². The van der Waals surface area contributed by atoms with Crippen LogP contribution in [-0.2, 0) is 11.3 Å². The summed E-state index contributed by atoms with van der Waals surface area (Å²) in [6.07, 6.45) is 3.46. The summed E-state index contributed by atoms with van der Waals surface area (Å²) in [6, 6.07) is 15.9. The Labute approximate surface area is 177 Å². The van der Waals surface area contributed by atoms with E-state index in [0.717, 1.165) is 43.7 Å². The zero-order chi connectivity index (χ0) is 20.9. The van der Waals surface area contributed by atoms with E-state index in [1.165, 1.54) is 5.56 Å². The monoisotopic (exact) mass is 407 g/mol. The summed E-state index contributed by atoms with van der Waals surface area (Å²) >= 11 is 0. The molecule has 1 N–H and O–H groups in total. The molecule has 5 heteroatoms. The van der Waals surface area contributed by atoms with Gasteiger partial charge in [0.05, 0.1) is 17.8 Å². The second-order valence-corrected chi connectivity index (χ2v) is 9.37. The van der Waals surface area contributed by atoms with Crippen molar-refractivity contribution in [3.05, 3.63) is 65.2 Å². The molecule has 3 aliphatic rings. The molecule has 0 aliphatic carbocycles. The van der Waals surface area contributed by atoms with Crippen molar-refractivity contribution in [2.75, 3.05) is 6.54 Å². The van der Waals surface area contributed by atoms with Crippen LogP contribution in [0.25, 0.3) is 0 Å². The van der Waals surface area contributed by atoms with Crippen LogP contribution in [-0.4, -0.2) is 40.3 Å². The van der Waals surface area contributed by atoms with E-state index >= 15 is 0 Å². The van der Waals surface area contributed by atoms with E-state index in [4.69, 9.17) is 9.47 Å². The Morgan fingerprint density at radius 2 is 2.03 bits per heavy atom. The number of rotatable bonds is 3. The van der Waals surface area contributed by atoms with Crippen molar-refractivity contribution in [2.24, 2.45) is 5.92 Å². The smallest absolute Gasteiger partial charge is 0.335 e. The molecule has 2 saturated heterocycles. The summed E-state index contributed by atoms with van der Waals surface area (Å²) in [5, 5.41) is 9.32. The fourth-order valence-corrected chi connectivity index (χ4v) is 5.55. The zero-order valence-electron chi connectivity index (χ0n) is 17.6. The molecule has 0 radical (unpaired) electrons. The largest absolute Gasteiger partial charge is 0.487 e. The Kier molecular flexibility index (Phi) is 4.83. The molecular weight excluding hydrogens is 378 g/mol. The summed E-state index contributed by atoms with van der Waals surface area (Å²) < 4.78 is 13.2. The lowest BCUT2D eigenvalue weighted by Gasteiger charge is -2.54. The Morgan fingerprint density at radius 3 is 2.87 bits per heavy atom. The lowest BCUT2D eigenvalue weighted by atomic mass is 9.72. The average molecular weight is 408 g/mol. The molecule has 5 nitrogen and oxygen atoms in total. The Morgan fingerprint density at radius 1 is 1.20 bits per heavy atom. The SMILES string of the molecule is CC1(C)Oc2ccccc2[C@H]2O[C@H]3CCCN(Cc4cccc(C(=O)O)c4)[C@H]3C[C@@H]21. The quantitative estimate of drug-likeness (QED) is 0.801. The van der Waals surface area contributed by atoms with Gasteiger partial charge in [-0.05, 0) is 63.4 Å². The highest BCUT2D eigenvalue weighted by atomic mass is 16.5. The van der Waals surface area contributed by atoms with Crippen molar-refractivity contribution in [3.63, 3.8) is 0 Å². The van der Waals surface area contributed by atoms with Gasteiger partial charge in [0.15, 0.2) is 0 Å². The summed E-state index contributed by atoms with van der Waals surface area (Å²) in [5.41, 5.74) is 2.27. The maximum Gasteiger partial charge on any atom is 0.335 e. The molecule has 3 heterocycles. The summed E-state index contributed by atoms with van der Waals surface area (Å²) in [7, 11) is 0. The van der Waals surface area contributed by atoms with Gasteiger partial charge < -0.3 is 14.6 Å². The number of hydrogen-bond donors (Lipinski definition) is 1. The normalized spacial score (nSPS) is 29.8. The van der Waals surface area contributed by atoms with E-state index in [9.17, 15) is 9.90 Å². The Hall–Kier alpha value is -2.37. The van der Waals surface area contributed by atoms with E-state index in [2.05, 4.69) is 30.9 Å². The first-order valence-corrected chi connectivity index (χ1v) is 10.9. The van der Waals surface area contributed by atoms with Gasteiger partial charge in [-0.25, -0.2) is 4.79 Å². The van der Waals surface area contributed by atoms with Gasteiger partial charge in [0.1, 0.15) is 11.4 Å². The molecule has 0 bridgehead atoms. The van der Waals surface area contributed by atoms with Gasteiger partial charge in [0, 0.05) is 24.1 Å². The van der Waals surface area contributed by atoms with Crippen LogP contribution >= 0.6 is 0 Å². The van der Waals surface area contributed by atoms with Gasteiger partial charge >= 0.3 is 5.97 Å². The number of carboxylic acid groups (broad SMARTS) is 1. The number of para-hydroxylation sites is 1. The Balaban J connectivity index is 1.41. The average Bonchev–Trinajstić information content (AvgIpc) is 2.73. The van der Waals surface area contributed by atoms with Crippen LogP contribution in [0.15, 0.2) is 48.5 Å². The van der Waals surface area contributed by atoms with Crippen LogP contribution < -0.4 is 4.74 Å². The second kappa shape index (κ2) is 7.40. The first-order chi connectivity index (χ1) is 14.4. The highest BCUT2D eigenvalue weighted by Crippen LogP contribution is 2.52. The second-order valence-electron chi connectivity index (χ2n) is 9.37. The number of hydrogen-bond acceptors (Lipinski definition) is 4. The van der Waals surface area contributed by atoms with Crippen LogP contribution in [0.4, 0.5) is 0 Å². The third-order valence-corrected chi connectivity index (χ3v) is 7.07. The molecule has 4 atom stereocenters. The first-order valence-electron chi connectivity index (χ1n) is 10.9. The number of fused-ring (bicyclic) bond motifs is 4. The van der Waals surface area contributed by atoms with E-state index in [0.29, 0.717) is 11.6 Å². The number of ether oxygens (including phenoxy) is 2. The molecule has 0 amide bonds. The number of piperidine rings is 1. The number of carboxylic acids is 1. The number of nitrogens with zero attached hydrogens (tertiary/aromatic N) is 1. The van der Waals surface area contributed by atoms with Gasteiger partial charge in [0.2, 0.25) is 0 Å². The first kappa shape index (κ1) is 19.6. The molecule has 0 aromatic heterocycles. The fraction of sp³-hybridized carbons (Fsp3) is 0.480. The summed E-state index contributed by atoms with van der Waals surface area (Å²) in [5.74, 6) is 0.344. The van der Waals surface area contributed by atoms with Crippen LogP contribution in [0.2, 0.25) is 0 Å². The molecule has 0 saturated carbocycles. The molecule has 0 unspecified atom stereocenters. The van der Waals surface area contributed by atoms with E-state index in [1.807, 2.05) is 24.3 Å². The molecule has 0 spiro atoms. The summed E-state index contributed by atoms with van der Waals surface area (Å²) in [4.78, 5) is 13.8. The minimum absolute atomic E-state index is 0.0708. The molecule has 30 heavy (non-hydrogen) atoms. The van der Waals surface area contributed by atoms with Gasteiger partial charge in [-0.15, -0.1) is 0 Å². The van der Waals surface area contributed by atoms with Crippen molar-refractivity contribution in [2.45, 2.75) is 63.5 Å². The van der Waals surface area contributed by atoms with Crippen LogP contribution in [0.5, 0.6) is 5.75 Å². The maximum atomic E-state index is 11.4. The number of aromatic carboxylic acids is 1. The molecule has 2 aromatic carbocycles. The molecule has 158 valence electrons. The molecule has 5 rings (SSSR count). The topological polar surface area (TPSA) is 59.0 Å². The standard InChI is InChI=1S/C25H29NO4/c1-25(2)19-14-20-22(29-23(19)18-9-3-4-10-21(18)30-25)11-6-12-26(20)15-16-7-5-8-17(13-16)24(27)28/h3-5,7-10,13,19-20,22-23H,6,11-12,14-15H2,1-2H3,(H,27,28)/t19-,20-,22-,23+/m0/s1. The fourth-order valence-electron chi connectivity index (χ4n) is 5.55. The minimum Gasteiger partial charge on any atom is -0.487 e. The maximum absolute atomic E-state index is 11.4. The van der Waals surface area contributed by atoms with E-state index in [1.54, 1.807) is 12.1 Å². The zero-order valence-corrected chi connectivity index (χ0v) is 17.6. The van der Waals surface area contributed by atoms with Crippen molar-refractivity contribution in [1.82, 2.24) is 4.90 Å². The van der Waals surface area contributed by atoms with Gasteiger partial charge in [-0.1, -0.05) is 30.3 Å².